The minimum Gasteiger partial charge on any atom is -0.469 e. The highest BCUT2D eigenvalue weighted by Crippen LogP contribution is 2.35. The molecule has 2 fully saturated rings. The fourth-order valence-corrected chi connectivity index (χ4v) is 4.57. The third kappa shape index (κ3) is 8.50. The summed E-state index contributed by atoms with van der Waals surface area (Å²) in [6.45, 7) is 0. The second kappa shape index (κ2) is 13.1. The summed E-state index contributed by atoms with van der Waals surface area (Å²) in [5.74, 6) is 6.08. The zero-order valence-electron chi connectivity index (χ0n) is 17.8. The second-order valence-electron chi connectivity index (χ2n) is 8.62. The molecule has 0 aliphatic heterocycles. The average Bonchev–Trinajstić information content (AvgIpc) is 3.00. The van der Waals surface area contributed by atoms with Crippen LogP contribution in [0.1, 0.15) is 77.0 Å². The van der Waals surface area contributed by atoms with Crippen LogP contribution in [0.2, 0.25) is 0 Å². The third-order valence-electron chi connectivity index (χ3n) is 6.40. The number of hydrogen-bond acceptors (Lipinski definition) is 5. The molecule has 2 aliphatic carbocycles. The van der Waals surface area contributed by atoms with Gasteiger partial charge in [0.15, 0.2) is 0 Å². The molecule has 0 aromatic rings. The first kappa shape index (κ1) is 23.9. The molecule has 0 spiro atoms. The summed E-state index contributed by atoms with van der Waals surface area (Å²) in [5, 5.41) is 30.8. The maximum absolute atomic E-state index is 11.1. The van der Waals surface area contributed by atoms with Gasteiger partial charge in [-0.3, -0.25) is 4.79 Å². The van der Waals surface area contributed by atoms with Gasteiger partial charge in [0, 0.05) is 18.8 Å². The van der Waals surface area contributed by atoms with Gasteiger partial charge in [-0.05, 0) is 38.0 Å². The monoisotopic (exact) mass is 406 g/mol. The molecule has 0 aromatic carbocycles. The van der Waals surface area contributed by atoms with E-state index in [1.807, 2.05) is 12.2 Å². The van der Waals surface area contributed by atoms with Crippen LogP contribution >= 0.6 is 0 Å². The SMILES string of the molecule is COC(=O)CCCC=CCC1C(O)CC(O)C1C#CC(O)CCC1CCCCC1. The van der Waals surface area contributed by atoms with Crippen molar-refractivity contribution in [1.82, 2.24) is 0 Å². The van der Waals surface area contributed by atoms with E-state index < -0.39 is 18.3 Å². The molecule has 0 saturated heterocycles. The minimum absolute atomic E-state index is 0.125. The lowest BCUT2D eigenvalue weighted by molar-refractivity contribution is -0.140. The van der Waals surface area contributed by atoms with Crippen molar-refractivity contribution in [2.75, 3.05) is 7.11 Å². The van der Waals surface area contributed by atoms with Crippen LogP contribution in [-0.2, 0) is 9.53 Å². The van der Waals surface area contributed by atoms with E-state index in [2.05, 4.69) is 16.6 Å². The van der Waals surface area contributed by atoms with Crippen LogP contribution in [0, 0.1) is 29.6 Å². The molecule has 2 aliphatic rings. The van der Waals surface area contributed by atoms with Gasteiger partial charge in [-0.2, -0.15) is 0 Å². The van der Waals surface area contributed by atoms with Crippen molar-refractivity contribution in [3.05, 3.63) is 12.2 Å². The largest absolute Gasteiger partial charge is 0.469 e. The number of rotatable bonds is 9. The Labute approximate surface area is 175 Å². The van der Waals surface area contributed by atoms with Gasteiger partial charge in [0.2, 0.25) is 0 Å². The molecule has 29 heavy (non-hydrogen) atoms. The van der Waals surface area contributed by atoms with E-state index in [-0.39, 0.29) is 17.8 Å². The molecule has 5 heteroatoms. The summed E-state index contributed by atoms with van der Waals surface area (Å²) in [6, 6.07) is 0. The van der Waals surface area contributed by atoms with E-state index in [1.54, 1.807) is 0 Å². The summed E-state index contributed by atoms with van der Waals surface area (Å²) < 4.78 is 4.62. The average molecular weight is 407 g/mol. The number of allylic oxidation sites excluding steroid dienone is 2. The smallest absolute Gasteiger partial charge is 0.305 e. The summed E-state index contributed by atoms with van der Waals surface area (Å²) in [6.07, 6.45) is 13.2. The number of ether oxygens (including phenoxy) is 1. The molecule has 2 rings (SSSR count). The fraction of sp³-hybridized carbons (Fsp3) is 0.792. The fourth-order valence-electron chi connectivity index (χ4n) is 4.57. The Morgan fingerprint density at radius 1 is 1.17 bits per heavy atom. The number of hydrogen-bond donors (Lipinski definition) is 3. The number of carbonyl (C=O) groups is 1. The lowest BCUT2D eigenvalue weighted by Gasteiger charge is -2.21. The van der Waals surface area contributed by atoms with Gasteiger partial charge in [-0.25, -0.2) is 0 Å². The Morgan fingerprint density at radius 2 is 1.93 bits per heavy atom. The van der Waals surface area contributed by atoms with Crippen molar-refractivity contribution >= 4 is 5.97 Å². The van der Waals surface area contributed by atoms with Crippen molar-refractivity contribution in [3.8, 4) is 11.8 Å². The van der Waals surface area contributed by atoms with Gasteiger partial charge in [0.1, 0.15) is 6.10 Å². The molecule has 3 N–H and O–H groups in total. The van der Waals surface area contributed by atoms with Gasteiger partial charge in [0.25, 0.3) is 0 Å². The van der Waals surface area contributed by atoms with E-state index in [9.17, 15) is 20.1 Å². The molecule has 5 nitrogen and oxygen atoms in total. The Bertz CT molecular complexity index is 570. The Morgan fingerprint density at radius 3 is 2.66 bits per heavy atom. The zero-order valence-corrected chi connectivity index (χ0v) is 17.8. The van der Waals surface area contributed by atoms with E-state index >= 15 is 0 Å². The number of aliphatic hydroxyl groups excluding tert-OH is 3. The zero-order chi connectivity index (χ0) is 21.1. The van der Waals surface area contributed by atoms with Gasteiger partial charge in [-0.15, -0.1) is 0 Å². The molecular weight excluding hydrogens is 368 g/mol. The van der Waals surface area contributed by atoms with Gasteiger partial charge < -0.3 is 20.1 Å². The van der Waals surface area contributed by atoms with Crippen LogP contribution < -0.4 is 0 Å². The standard InChI is InChI=1S/C24H38O5/c1-29-24(28)12-8-3-2-7-11-20-21(23(27)17-22(20)26)16-15-19(25)14-13-18-9-5-4-6-10-18/h2,7,18-23,25-27H,3-6,8-14,17H2,1H3. The van der Waals surface area contributed by atoms with Crippen LogP contribution in [0.4, 0.5) is 0 Å². The highest BCUT2D eigenvalue weighted by atomic mass is 16.5. The summed E-state index contributed by atoms with van der Waals surface area (Å²) in [4.78, 5) is 11.1. The first-order valence-electron chi connectivity index (χ1n) is 11.3. The molecule has 5 unspecified atom stereocenters. The lowest BCUT2D eigenvalue weighted by atomic mass is 9.85. The Kier molecular flexibility index (Phi) is 10.8. The first-order chi connectivity index (χ1) is 14.0. The summed E-state index contributed by atoms with van der Waals surface area (Å²) >= 11 is 0. The van der Waals surface area contributed by atoms with E-state index in [1.165, 1.54) is 39.2 Å². The summed E-state index contributed by atoms with van der Waals surface area (Å²) in [5.41, 5.74) is 0. The number of aliphatic hydroxyl groups is 3. The third-order valence-corrected chi connectivity index (χ3v) is 6.40. The van der Waals surface area contributed by atoms with E-state index in [0.717, 1.165) is 25.2 Å². The van der Waals surface area contributed by atoms with E-state index in [4.69, 9.17) is 0 Å². The van der Waals surface area contributed by atoms with Crippen LogP contribution in [0.25, 0.3) is 0 Å². The number of methoxy groups -OCH3 is 1. The van der Waals surface area contributed by atoms with Crippen LogP contribution in [0.5, 0.6) is 0 Å². The van der Waals surface area contributed by atoms with Gasteiger partial charge in [0.05, 0.1) is 25.2 Å². The maximum Gasteiger partial charge on any atom is 0.305 e. The van der Waals surface area contributed by atoms with Crippen molar-refractivity contribution in [2.24, 2.45) is 17.8 Å². The lowest BCUT2D eigenvalue weighted by Crippen LogP contribution is -2.21. The van der Waals surface area contributed by atoms with Crippen LogP contribution in [0.3, 0.4) is 0 Å². The molecular formula is C24H38O5. The van der Waals surface area contributed by atoms with E-state index in [0.29, 0.717) is 25.7 Å². The predicted octanol–water partition coefficient (Wildman–Crippen LogP) is 3.36. The van der Waals surface area contributed by atoms with Crippen LogP contribution in [-0.4, -0.2) is 46.7 Å². The van der Waals surface area contributed by atoms with Gasteiger partial charge in [-0.1, -0.05) is 56.1 Å². The number of unbranched alkanes of at least 4 members (excludes halogenated alkanes) is 1. The van der Waals surface area contributed by atoms with Crippen LogP contribution in [0.15, 0.2) is 12.2 Å². The quantitative estimate of drug-likeness (QED) is 0.237. The molecule has 0 radical (unpaired) electrons. The van der Waals surface area contributed by atoms with Crippen molar-refractivity contribution < 1.29 is 24.9 Å². The highest BCUT2D eigenvalue weighted by molar-refractivity contribution is 5.69. The minimum atomic E-state index is -0.656. The van der Waals surface area contributed by atoms with Crippen molar-refractivity contribution in [2.45, 2.75) is 95.4 Å². The second-order valence-corrected chi connectivity index (χ2v) is 8.62. The predicted molar refractivity (Wildman–Crippen MR) is 113 cm³/mol. The molecule has 5 atom stereocenters. The maximum atomic E-state index is 11.1. The molecule has 0 aromatic heterocycles. The molecule has 164 valence electrons. The van der Waals surface area contributed by atoms with Crippen molar-refractivity contribution in [3.63, 3.8) is 0 Å². The highest BCUT2D eigenvalue weighted by Gasteiger charge is 2.40. The Hall–Kier alpha value is -1.35. The molecule has 0 heterocycles. The normalized spacial score (nSPS) is 28.8. The van der Waals surface area contributed by atoms with Crippen molar-refractivity contribution in [1.29, 1.82) is 0 Å². The number of carbonyl (C=O) groups excluding carboxylic acids is 1. The molecule has 2 saturated carbocycles. The Balaban J connectivity index is 1.78. The number of esters is 1. The molecule has 0 amide bonds. The summed E-state index contributed by atoms with van der Waals surface area (Å²) in [7, 11) is 1.39. The topological polar surface area (TPSA) is 87.0 Å². The van der Waals surface area contributed by atoms with Gasteiger partial charge >= 0.3 is 5.97 Å². The first-order valence-corrected chi connectivity index (χ1v) is 11.3. The molecule has 0 bridgehead atoms.